The van der Waals surface area contributed by atoms with Gasteiger partial charge in [-0.3, -0.25) is 4.98 Å². The molecule has 6 nitrogen and oxygen atoms in total. The summed E-state index contributed by atoms with van der Waals surface area (Å²) in [4.78, 5) is 20.4. The van der Waals surface area contributed by atoms with Crippen LogP contribution in [0.4, 0.5) is 5.82 Å². The van der Waals surface area contributed by atoms with Crippen LogP contribution in [-0.4, -0.2) is 45.7 Å². The number of nitrogens with one attached hydrogen (secondary N) is 1. The summed E-state index contributed by atoms with van der Waals surface area (Å²) in [6, 6.07) is 16.9. The minimum atomic E-state index is 0.231. The van der Waals surface area contributed by atoms with Gasteiger partial charge in [0.1, 0.15) is 5.82 Å². The minimum Gasteiger partial charge on any atom is -0.377 e. The van der Waals surface area contributed by atoms with E-state index in [1.165, 1.54) is 0 Å². The molecule has 2 aromatic carbocycles. The quantitative estimate of drug-likeness (QED) is 0.412. The predicted molar refractivity (Wildman–Crippen MR) is 132 cm³/mol. The Morgan fingerprint density at radius 2 is 1.97 bits per heavy atom. The van der Waals surface area contributed by atoms with Gasteiger partial charge in [-0.05, 0) is 37.6 Å². The maximum atomic E-state index is 5.73. The van der Waals surface area contributed by atoms with E-state index in [1.807, 2.05) is 18.5 Å². The molecular formula is C27H25N5O. The zero-order chi connectivity index (χ0) is 22.4. The molecule has 0 unspecified atom stereocenters. The van der Waals surface area contributed by atoms with E-state index in [4.69, 9.17) is 14.7 Å². The zero-order valence-electron chi connectivity index (χ0n) is 18.7. The Hall–Kier alpha value is -3.77. The highest BCUT2D eigenvalue weighted by atomic mass is 16.5. The molecule has 1 atom stereocenters. The lowest BCUT2D eigenvalue weighted by Gasteiger charge is -2.35. The second-order valence-electron chi connectivity index (χ2n) is 8.63. The first-order chi connectivity index (χ1) is 16.2. The molecule has 1 saturated heterocycles. The summed E-state index contributed by atoms with van der Waals surface area (Å²) in [7, 11) is 0. The lowest BCUT2D eigenvalue weighted by atomic mass is 9.99. The number of anilines is 1. The van der Waals surface area contributed by atoms with Gasteiger partial charge in [0.25, 0.3) is 0 Å². The van der Waals surface area contributed by atoms with Crippen molar-refractivity contribution in [3.8, 4) is 22.5 Å². The molecule has 0 saturated carbocycles. The fourth-order valence-electron chi connectivity index (χ4n) is 4.78. The van der Waals surface area contributed by atoms with Crippen LogP contribution in [0.25, 0.3) is 44.3 Å². The van der Waals surface area contributed by atoms with E-state index >= 15 is 0 Å². The third kappa shape index (κ3) is 3.34. The number of aromatic amines is 1. The molecule has 6 rings (SSSR count). The van der Waals surface area contributed by atoms with E-state index < -0.39 is 0 Å². The second kappa shape index (κ2) is 7.98. The van der Waals surface area contributed by atoms with Crippen LogP contribution in [0.2, 0.25) is 0 Å². The highest BCUT2D eigenvalue weighted by Gasteiger charge is 2.25. The molecule has 33 heavy (non-hydrogen) atoms. The van der Waals surface area contributed by atoms with E-state index in [9.17, 15) is 0 Å². The second-order valence-corrected chi connectivity index (χ2v) is 8.63. The van der Waals surface area contributed by atoms with Gasteiger partial charge in [0.15, 0.2) is 5.82 Å². The fraction of sp³-hybridized carbons (Fsp3) is 0.222. The summed E-state index contributed by atoms with van der Waals surface area (Å²) >= 11 is 0. The highest BCUT2D eigenvalue weighted by molar-refractivity contribution is 6.03. The van der Waals surface area contributed by atoms with Gasteiger partial charge in [0, 0.05) is 58.1 Å². The maximum Gasteiger partial charge on any atom is 0.162 e. The molecule has 0 bridgehead atoms. The molecule has 164 valence electrons. The molecule has 4 heterocycles. The van der Waals surface area contributed by atoms with Gasteiger partial charge in [0.2, 0.25) is 0 Å². The van der Waals surface area contributed by atoms with Crippen molar-refractivity contribution in [1.82, 2.24) is 19.9 Å². The molecule has 0 radical (unpaired) electrons. The lowest BCUT2D eigenvalue weighted by molar-refractivity contribution is 0.0987. The van der Waals surface area contributed by atoms with E-state index in [2.05, 4.69) is 71.2 Å². The van der Waals surface area contributed by atoms with E-state index in [0.29, 0.717) is 13.2 Å². The number of pyridine rings is 1. The Labute approximate surface area is 192 Å². The van der Waals surface area contributed by atoms with Crippen LogP contribution in [0.5, 0.6) is 0 Å². The lowest BCUT2D eigenvalue weighted by Crippen LogP contribution is -2.44. The summed E-state index contributed by atoms with van der Waals surface area (Å²) in [5.74, 6) is 1.71. The third-order valence-corrected chi connectivity index (χ3v) is 6.49. The number of hydrogen-bond donors (Lipinski definition) is 1. The smallest absolute Gasteiger partial charge is 0.162 e. The standard InChI is InChI=1S/C27H25N5O/c1-17-8-9-20(19-5-4-11-28-15-19)25-24(17)27(32-13-14-33-16-18(32)2)31-26(30-25)22-6-3-7-23-21(22)10-12-29-23/h3-12,15,18,29H,13-14,16H2,1-2H3/t18-/m1/s1. The Kier molecular flexibility index (Phi) is 4.80. The first-order valence-corrected chi connectivity index (χ1v) is 11.3. The molecule has 6 heteroatoms. The average Bonchev–Trinajstić information content (AvgIpc) is 3.34. The van der Waals surface area contributed by atoms with Crippen LogP contribution in [0.1, 0.15) is 12.5 Å². The molecule has 1 N–H and O–H groups in total. The Bertz CT molecular complexity index is 1460. The van der Waals surface area contributed by atoms with E-state index in [1.54, 1.807) is 6.20 Å². The Morgan fingerprint density at radius 1 is 1.03 bits per heavy atom. The van der Waals surface area contributed by atoms with Gasteiger partial charge in [-0.15, -0.1) is 0 Å². The van der Waals surface area contributed by atoms with E-state index in [0.717, 1.165) is 62.2 Å². The van der Waals surface area contributed by atoms with Crippen LogP contribution in [0, 0.1) is 6.92 Å². The fourth-order valence-corrected chi connectivity index (χ4v) is 4.78. The average molecular weight is 436 g/mol. The summed E-state index contributed by atoms with van der Waals surface area (Å²) in [6.45, 7) is 6.52. The molecular weight excluding hydrogens is 410 g/mol. The van der Waals surface area contributed by atoms with Gasteiger partial charge in [-0.25, -0.2) is 9.97 Å². The van der Waals surface area contributed by atoms with Gasteiger partial charge >= 0.3 is 0 Å². The number of nitrogens with zero attached hydrogens (tertiary/aromatic N) is 4. The molecule has 0 spiro atoms. The van der Waals surface area contributed by atoms with Crippen molar-refractivity contribution in [2.45, 2.75) is 19.9 Å². The summed E-state index contributed by atoms with van der Waals surface area (Å²) < 4.78 is 5.73. The summed E-state index contributed by atoms with van der Waals surface area (Å²) in [5, 5.41) is 2.21. The molecule has 1 aliphatic rings. The normalized spacial score (nSPS) is 16.5. The monoisotopic (exact) mass is 435 g/mol. The number of aryl methyl sites for hydroxylation is 1. The molecule has 1 aliphatic heterocycles. The predicted octanol–water partition coefficient (Wildman–Crippen LogP) is 5.37. The number of benzene rings is 2. The Morgan fingerprint density at radius 3 is 2.82 bits per heavy atom. The Balaban J connectivity index is 1.69. The van der Waals surface area contributed by atoms with Crippen LogP contribution >= 0.6 is 0 Å². The third-order valence-electron chi connectivity index (χ3n) is 6.49. The number of aromatic nitrogens is 4. The summed E-state index contributed by atoms with van der Waals surface area (Å²) in [6.07, 6.45) is 5.66. The van der Waals surface area contributed by atoms with Crippen LogP contribution < -0.4 is 4.90 Å². The number of rotatable bonds is 3. The molecule has 3 aromatic heterocycles. The van der Waals surface area contributed by atoms with Crippen LogP contribution in [0.15, 0.2) is 67.1 Å². The molecule has 5 aromatic rings. The number of morpholine rings is 1. The number of H-pyrrole nitrogens is 1. The largest absolute Gasteiger partial charge is 0.377 e. The SMILES string of the molecule is Cc1ccc(-c2cccnc2)c2nc(-c3cccc4[nH]ccc34)nc(N3CCOC[C@H]3C)c12. The summed E-state index contributed by atoms with van der Waals surface area (Å²) in [5.41, 5.74) is 6.33. The van der Waals surface area contributed by atoms with Crippen molar-refractivity contribution in [3.05, 3.63) is 72.7 Å². The number of ether oxygens (including phenoxy) is 1. The van der Waals surface area contributed by atoms with Crippen molar-refractivity contribution in [2.24, 2.45) is 0 Å². The number of hydrogen-bond acceptors (Lipinski definition) is 5. The molecule has 0 aliphatic carbocycles. The zero-order valence-corrected chi connectivity index (χ0v) is 18.7. The van der Waals surface area contributed by atoms with Gasteiger partial charge in [0.05, 0.1) is 24.8 Å². The molecule has 0 amide bonds. The van der Waals surface area contributed by atoms with E-state index in [-0.39, 0.29) is 6.04 Å². The van der Waals surface area contributed by atoms with Gasteiger partial charge in [-0.2, -0.15) is 0 Å². The maximum absolute atomic E-state index is 5.73. The molecule has 1 fully saturated rings. The van der Waals surface area contributed by atoms with Crippen molar-refractivity contribution >= 4 is 27.6 Å². The van der Waals surface area contributed by atoms with Crippen LogP contribution in [-0.2, 0) is 4.74 Å². The van der Waals surface area contributed by atoms with Crippen molar-refractivity contribution < 1.29 is 4.74 Å². The topological polar surface area (TPSA) is 66.9 Å². The van der Waals surface area contributed by atoms with Crippen molar-refractivity contribution in [1.29, 1.82) is 0 Å². The van der Waals surface area contributed by atoms with Gasteiger partial charge in [-0.1, -0.05) is 30.3 Å². The van der Waals surface area contributed by atoms with Gasteiger partial charge < -0.3 is 14.6 Å². The number of fused-ring (bicyclic) bond motifs is 2. The van der Waals surface area contributed by atoms with Crippen LogP contribution in [0.3, 0.4) is 0 Å². The van der Waals surface area contributed by atoms with Crippen molar-refractivity contribution in [3.63, 3.8) is 0 Å². The minimum absolute atomic E-state index is 0.231. The first-order valence-electron chi connectivity index (χ1n) is 11.3. The highest BCUT2D eigenvalue weighted by Crippen LogP contribution is 2.38. The van der Waals surface area contributed by atoms with Crippen molar-refractivity contribution in [2.75, 3.05) is 24.7 Å². The first kappa shape index (κ1) is 19.9.